The minimum atomic E-state index is -2.94. The van der Waals surface area contributed by atoms with Crippen molar-refractivity contribution in [3.05, 3.63) is 16.6 Å². The number of nitrogens with zero attached hydrogens (tertiary/aromatic N) is 1. The Labute approximate surface area is 106 Å². The van der Waals surface area contributed by atoms with Crippen LogP contribution in [0.25, 0.3) is 0 Å². The summed E-state index contributed by atoms with van der Waals surface area (Å²) in [5.74, 6) is 0. The van der Waals surface area contributed by atoms with Gasteiger partial charge in [0.05, 0.1) is 10.8 Å². The number of hydrogen-bond donors (Lipinski definition) is 1. The van der Waals surface area contributed by atoms with Crippen LogP contribution in [0.1, 0.15) is 30.6 Å². The molecular formula is C11H18N2O2S2. The van der Waals surface area contributed by atoms with Crippen LogP contribution in [0, 0.1) is 0 Å². The molecule has 1 N–H and O–H groups in total. The quantitative estimate of drug-likeness (QED) is 0.906. The van der Waals surface area contributed by atoms with E-state index < -0.39 is 9.84 Å². The van der Waals surface area contributed by atoms with Crippen LogP contribution in [0.4, 0.5) is 0 Å². The van der Waals surface area contributed by atoms with E-state index >= 15 is 0 Å². The molecule has 2 atom stereocenters. The lowest BCUT2D eigenvalue weighted by Crippen LogP contribution is -2.45. The van der Waals surface area contributed by atoms with Gasteiger partial charge < -0.3 is 5.32 Å². The number of sulfone groups is 1. The second-order valence-corrected chi connectivity index (χ2v) is 7.84. The lowest BCUT2D eigenvalue weighted by Gasteiger charge is -2.30. The van der Waals surface area contributed by atoms with Gasteiger partial charge in [0.15, 0.2) is 9.84 Å². The molecule has 0 radical (unpaired) electrons. The Morgan fingerprint density at radius 1 is 1.47 bits per heavy atom. The summed E-state index contributed by atoms with van der Waals surface area (Å²) >= 11 is 1.60. The van der Waals surface area contributed by atoms with Gasteiger partial charge in [-0.05, 0) is 12.8 Å². The molecular weight excluding hydrogens is 256 g/mol. The summed E-state index contributed by atoms with van der Waals surface area (Å²) < 4.78 is 23.4. The van der Waals surface area contributed by atoms with Crippen molar-refractivity contribution in [3.8, 4) is 0 Å². The second kappa shape index (κ2) is 5.46. The van der Waals surface area contributed by atoms with Crippen LogP contribution in [-0.2, 0) is 16.4 Å². The van der Waals surface area contributed by atoms with Crippen molar-refractivity contribution in [3.63, 3.8) is 0 Å². The van der Waals surface area contributed by atoms with Crippen molar-refractivity contribution in [2.45, 2.75) is 43.5 Å². The fourth-order valence-corrected chi connectivity index (χ4v) is 4.37. The Bertz CT molecular complexity index is 442. The normalized spacial score (nSPS) is 25.9. The van der Waals surface area contributed by atoms with E-state index in [1.165, 1.54) is 6.26 Å². The molecule has 0 saturated heterocycles. The third kappa shape index (κ3) is 3.50. The maximum Gasteiger partial charge on any atom is 0.151 e. The summed E-state index contributed by atoms with van der Waals surface area (Å²) in [6, 6.07) is 0.0980. The van der Waals surface area contributed by atoms with E-state index in [4.69, 9.17) is 0 Å². The maximum absolute atomic E-state index is 11.7. The highest BCUT2D eigenvalue weighted by molar-refractivity contribution is 7.91. The number of rotatable bonds is 4. The average molecular weight is 274 g/mol. The van der Waals surface area contributed by atoms with Crippen molar-refractivity contribution < 1.29 is 8.42 Å². The molecule has 1 aromatic heterocycles. The fourth-order valence-electron chi connectivity index (χ4n) is 2.40. The van der Waals surface area contributed by atoms with Crippen LogP contribution < -0.4 is 5.32 Å². The molecule has 0 aliphatic heterocycles. The zero-order valence-electron chi connectivity index (χ0n) is 9.93. The van der Waals surface area contributed by atoms with Crippen LogP contribution in [0.2, 0.25) is 0 Å². The molecule has 1 aliphatic carbocycles. The lowest BCUT2D eigenvalue weighted by atomic mass is 9.95. The third-order valence-electron chi connectivity index (χ3n) is 3.27. The maximum atomic E-state index is 11.7. The van der Waals surface area contributed by atoms with Gasteiger partial charge in [-0.2, -0.15) is 0 Å². The minimum absolute atomic E-state index is 0.0980. The minimum Gasteiger partial charge on any atom is -0.308 e. The van der Waals surface area contributed by atoms with Gasteiger partial charge in [-0.1, -0.05) is 12.8 Å². The summed E-state index contributed by atoms with van der Waals surface area (Å²) in [4.78, 5) is 5.17. The lowest BCUT2D eigenvalue weighted by molar-refractivity contribution is 0.371. The Hall–Kier alpha value is -0.460. The van der Waals surface area contributed by atoms with E-state index in [9.17, 15) is 8.42 Å². The van der Waals surface area contributed by atoms with Crippen molar-refractivity contribution in [1.82, 2.24) is 10.3 Å². The van der Waals surface area contributed by atoms with Crippen molar-refractivity contribution >= 4 is 21.2 Å². The first-order valence-corrected chi connectivity index (χ1v) is 8.70. The van der Waals surface area contributed by atoms with Gasteiger partial charge in [0, 0.05) is 29.9 Å². The van der Waals surface area contributed by atoms with Gasteiger partial charge in [0.25, 0.3) is 0 Å². The van der Waals surface area contributed by atoms with E-state index in [0.717, 1.165) is 37.1 Å². The topological polar surface area (TPSA) is 59.1 Å². The first-order chi connectivity index (χ1) is 8.07. The van der Waals surface area contributed by atoms with Crippen molar-refractivity contribution in [2.24, 2.45) is 0 Å². The zero-order valence-corrected chi connectivity index (χ0v) is 11.6. The van der Waals surface area contributed by atoms with E-state index in [2.05, 4.69) is 10.3 Å². The highest BCUT2D eigenvalue weighted by atomic mass is 32.2. The molecule has 1 heterocycles. The van der Waals surface area contributed by atoms with Crippen LogP contribution >= 0.6 is 11.3 Å². The van der Waals surface area contributed by atoms with E-state index in [-0.39, 0.29) is 11.3 Å². The molecule has 4 nitrogen and oxygen atoms in total. The number of nitrogens with one attached hydrogen (secondary N) is 1. The molecule has 0 unspecified atom stereocenters. The Kier molecular flexibility index (Phi) is 4.17. The SMILES string of the molecule is CS(=O)(=O)[C@@H]1CCCC[C@H]1NCc1cncs1. The van der Waals surface area contributed by atoms with Gasteiger partial charge in [-0.25, -0.2) is 8.42 Å². The van der Waals surface area contributed by atoms with Crippen LogP contribution in [-0.4, -0.2) is 30.9 Å². The predicted molar refractivity (Wildman–Crippen MR) is 69.8 cm³/mol. The number of thiazole rings is 1. The van der Waals surface area contributed by atoms with Crippen LogP contribution in [0.3, 0.4) is 0 Å². The first kappa shape index (κ1) is 13.0. The van der Waals surface area contributed by atoms with Crippen molar-refractivity contribution in [1.29, 1.82) is 0 Å². The summed E-state index contributed by atoms with van der Waals surface area (Å²) in [7, 11) is -2.94. The standard InChI is InChI=1S/C11H18N2O2S2/c1-17(14,15)11-5-3-2-4-10(11)13-7-9-6-12-8-16-9/h6,8,10-11,13H,2-5,7H2,1H3/t10-,11-/m1/s1. The highest BCUT2D eigenvalue weighted by Gasteiger charge is 2.32. The van der Waals surface area contributed by atoms with Gasteiger partial charge in [0.2, 0.25) is 0 Å². The molecule has 17 heavy (non-hydrogen) atoms. The van der Waals surface area contributed by atoms with Gasteiger partial charge in [0.1, 0.15) is 0 Å². The smallest absolute Gasteiger partial charge is 0.151 e. The molecule has 1 fully saturated rings. The Morgan fingerprint density at radius 3 is 2.88 bits per heavy atom. The Morgan fingerprint density at radius 2 is 2.24 bits per heavy atom. The van der Waals surface area contributed by atoms with E-state index in [1.807, 2.05) is 6.20 Å². The highest BCUT2D eigenvalue weighted by Crippen LogP contribution is 2.24. The fraction of sp³-hybridized carbons (Fsp3) is 0.727. The molecule has 2 rings (SSSR count). The molecule has 1 aliphatic rings. The summed E-state index contributed by atoms with van der Waals surface area (Å²) in [6.07, 6.45) is 7.07. The second-order valence-electron chi connectivity index (χ2n) is 4.61. The first-order valence-electron chi connectivity index (χ1n) is 5.87. The van der Waals surface area contributed by atoms with Gasteiger partial charge in [-0.15, -0.1) is 11.3 Å². The molecule has 1 aromatic rings. The monoisotopic (exact) mass is 274 g/mol. The van der Waals surface area contributed by atoms with Crippen LogP contribution in [0.5, 0.6) is 0 Å². The number of hydrogen-bond acceptors (Lipinski definition) is 5. The molecule has 0 bridgehead atoms. The molecule has 0 aromatic carbocycles. The molecule has 1 saturated carbocycles. The Balaban J connectivity index is 1.97. The molecule has 96 valence electrons. The van der Waals surface area contributed by atoms with Crippen LogP contribution in [0.15, 0.2) is 11.7 Å². The molecule has 0 amide bonds. The summed E-state index contributed by atoms with van der Waals surface area (Å²) in [5.41, 5.74) is 1.80. The van der Waals surface area contributed by atoms with Gasteiger partial charge >= 0.3 is 0 Å². The van der Waals surface area contributed by atoms with Gasteiger partial charge in [-0.3, -0.25) is 4.98 Å². The zero-order chi connectivity index (χ0) is 12.3. The number of aromatic nitrogens is 1. The molecule has 6 heteroatoms. The third-order valence-corrected chi connectivity index (χ3v) is 5.72. The van der Waals surface area contributed by atoms with E-state index in [0.29, 0.717) is 0 Å². The van der Waals surface area contributed by atoms with Crippen molar-refractivity contribution in [2.75, 3.05) is 6.26 Å². The summed E-state index contributed by atoms with van der Waals surface area (Å²) in [6.45, 7) is 0.724. The summed E-state index contributed by atoms with van der Waals surface area (Å²) in [5, 5.41) is 3.15. The molecule has 0 spiro atoms. The average Bonchev–Trinajstić information content (AvgIpc) is 2.78. The van der Waals surface area contributed by atoms with E-state index in [1.54, 1.807) is 16.8 Å². The predicted octanol–water partition coefficient (Wildman–Crippen LogP) is 1.59. The largest absolute Gasteiger partial charge is 0.308 e.